The van der Waals surface area contributed by atoms with Crippen LogP contribution in [0.15, 0.2) is 53.8 Å². The number of benzene rings is 1. The first-order valence-electron chi connectivity index (χ1n) is 6.42. The Morgan fingerprint density at radius 3 is 2.57 bits per heavy atom. The minimum Gasteiger partial charge on any atom is -0.274 e. The summed E-state index contributed by atoms with van der Waals surface area (Å²) in [5.74, 6) is 0.884. The van der Waals surface area contributed by atoms with Crippen LogP contribution in [0.3, 0.4) is 0 Å². The molecule has 0 saturated heterocycles. The van der Waals surface area contributed by atoms with Crippen molar-refractivity contribution in [2.24, 2.45) is 0 Å². The zero-order valence-electron chi connectivity index (χ0n) is 11.4. The van der Waals surface area contributed by atoms with Gasteiger partial charge in [0.05, 0.1) is 0 Å². The normalized spacial score (nSPS) is 10.8. The molecule has 0 bridgehead atoms. The van der Waals surface area contributed by atoms with Gasteiger partial charge >= 0.3 is 0 Å². The lowest BCUT2D eigenvalue weighted by molar-refractivity contribution is 0.848. The quantitative estimate of drug-likeness (QED) is 0.544. The summed E-state index contributed by atoms with van der Waals surface area (Å²) in [7, 11) is 0. The van der Waals surface area contributed by atoms with Crippen LogP contribution in [0, 0.1) is 0 Å². The third-order valence-electron chi connectivity index (χ3n) is 3.05. The van der Waals surface area contributed by atoms with E-state index >= 15 is 0 Å². The summed E-state index contributed by atoms with van der Waals surface area (Å²) in [5.41, 5.74) is 2.11. The van der Waals surface area contributed by atoms with Crippen molar-refractivity contribution in [3.8, 4) is 5.69 Å². The van der Waals surface area contributed by atoms with E-state index in [-0.39, 0.29) is 0 Å². The average molecular weight is 317 g/mol. The first-order valence-corrected chi connectivity index (χ1v) is 8.02. The monoisotopic (exact) mass is 316 g/mol. The second-order valence-corrected chi connectivity index (χ2v) is 5.60. The highest BCUT2D eigenvalue weighted by Crippen LogP contribution is 2.21. The van der Waals surface area contributed by atoms with Gasteiger partial charge in [-0.25, -0.2) is 4.98 Å². The molecule has 0 unspecified atom stereocenters. The largest absolute Gasteiger partial charge is 0.274 e. The molecule has 2 heterocycles. The summed E-state index contributed by atoms with van der Waals surface area (Å²) in [5, 5.41) is 9.93. The molecule has 0 radical (unpaired) electrons. The first-order chi connectivity index (χ1) is 10.3. The molecule has 4 nitrogen and oxygen atoms in total. The summed E-state index contributed by atoms with van der Waals surface area (Å²) in [6.07, 6.45) is 4.43. The molecule has 0 fully saturated rings. The molecule has 2 aromatic heterocycles. The molecular formula is C15H13ClN4S. The smallest absolute Gasteiger partial charge is 0.195 e. The van der Waals surface area contributed by atoms with Crippen LogP contribution in [-0.2, 0) is 6.42 Å². The van der Waals surface area contributed by atoms with Crippen molar-refractivity contribution in [3.05, 3.63) is 65.2 Å². The topological polar surface area (TPSA) is 43.6 Å². The molecule has 0 aliphatic rings. The fraction of sp³-hybridized carbons (Fsp3) is 0.133. The molecular weight excluding hydrogens is 304 g/mol. The highest BCUT2D eigenvalue weighted by atomic mass is 35.5. The third-order valence-corrected chi connectivity index (χ3v) is 3.90. The van der Waals surface area contributed by atoms with Crippen LogP contribution in [0.1, 0.15) is 11.4 Å². The molecule has 0 spiro atoms. The van der Waals surface area contributed by atoms with Crippen molar-refractivity contribution >= 4 is 23.4 Å². The number of rotatable bonds is 4. The lowest BCUT2D eigenvalue weighted by Gasteiger charge is -2.09. The Balaban J connectivity index is 1.99. The summed E-state index contributed by atoms with van der Waals surface area (Å²) in [6.45, 7) is 0. The fourth-order valence-corrected chi connectivity index (χ4v) is 2.70. The molecule has 21 heavy (non-hydrogen) atoms. The zero-order chi connectivity index (χ0) is 14.7. The van der Waals surface area contributed by atoms with Gasteiger partial charge in [-0.2, -0.15) is 0 Å². The number of hydrogen-bond acceptors (Lipinski definition) is 4. The molecule has 3 aromatic rings. The van der Waals surface area contributed by atoms with Crippen molar-refractivity contribution in [1.82, 2.24) is 19.7 Å². The number of pyridine rings is 1. The Morgan fingerprint density at radius 2 is 1.90 bits per heavy atom. The van der Waals surface area contributed by atoms with Gasteiger partial charge in [-0.3, -0.25) is 4.57 Å². The minimum absolute atomic E-state index is 0.494. The molecule has 0 aliphatic carbocycles. The van der Waals surface area contributed by atoms with Gasteiger partial charge in [0.15, 0.2) is 5.16 Å². The molecule has 0 amide bonds. The SMILES string of the molecule is CSc1nnc(Cc2ccc(Cl)nc2)n1-c1ccccc1. The van der Waals surface area contributed by atoms with Crippen molar-refractivity contribution in [3.63, 3.8) is 0 Å². The Kier molecular flexibility index (Phi) is 4.22. The van der Waals surface area contributed by atoms with E-state index in [2.05, 4.69) is 19.7 Å². The number of aromatic nitrogens is 4. The van der Waals surface area contributed by atoms with Gasteiger partial charge in [0.1, 0.15) is 11.0 Å². The number of halogens is 1. The zero-order valence-corrected chi connectivity index (χ0v) is 13.0. The maximum Gasteiger partial charge on any atom is 0.195 e. The van der Waals surface area contributed by atoms with Gasteiger partial charge < -0.3 is 0 Å². The number of nitrogens with zero attached hydrogens (tertiary/aromatic N) is 4. The van der Waals surface area contributed by atoms with E-state index in [0.29, 0.717) is 11.6 Å². The predicted octanol–water partition coefficient (Wildman–Crippen LogP) is 3.63. The van der Waals surface area contributed by atoms with Crippen LogP contribution >= 0.6 is 23.4 Å². The molecule has 0 aliphatic heterocycles. The number of para-hydroxylation sites is 1. The lowest BCUT2D eigenvalue weighted by Crippen LogP contribution is -2.03. The Labute approximate surface area is 132 Å². The molecule has 106 valence electrons. The molecule has 0 N–H and O–H groups in total. The summed E-state index contributed by atoms with van der Waals surface area (Å²) in [4.78, 5) is 4.11. The maximum atomic E-state index is 5.82. The van der Waals surface area contributed by atoms with Gasteiger partial charge in [0.25, 0.3) is 0 Å². The van der Waals surface area contributed by atoms with E-state index in [1.165, 1.54) is 0 Å². The highest BCUT2D eigenvalue weighted by molar-refractivity contribution is 7.98. The van der Waals surface area contributed by atoms with E-state index in [1.54, 1.807) is 24.0 Å². The van der Waals surface area contributed by atoms with E-state index in [0.717, 1.165) is 22.2 Å². The van der Waals surface area contributed by atoms with Crippen molar-refractivity contribution in [2.45, 2.75) is 11.6 Å². The van der Waals surface area contributed by atoms with Gasteiger partial charge in [-0.05, 0) is 30.0 Å². The number of hydrogen-bond donors (Lipinski definition) is 0. The fourth-order valence-electron chi connectivity index (χ4n) is 2.08. The van der Waals surface area contributed by atoms with Crippen LogP contribution in [0.5, 0.6) is 0 Å². The molecule has 0 saturated carbocycles. The Bertz CT molecular complexity index is 725. The Morgan fingerprint density at radius 1 is 1.10 bits per heavy atom. The average Bonchev–Trinajstić information content (AvgIpc) is 2.93. The molecule has 3 rings (SSSR count). The van der Waals surface area contributed by atoms with Crippen LogP contribution in [-0.4, -0.2) is 26.0 Å². The van der Waals surface area contributed by atoms with E-state index in [9.17, 15) is 0 Å². The van der Waals surface area contributed by atoms with Crippen molar-refractivity contribution in [1.29, 1.82) is 0 Å². The lowest BCUT2D eigenvalue weighted by atomic mass is 10.2. The second-order valence-electron chi connectivity index (χ2n) is 4.44. The van der Waals surface area contributed by atoms with E-state index < -0.39 is 0 Å². The van der Waals surface area contributed by atoms with Crippen LogP contribution in [0.4, 0.5) is 0 Å². The first kappa shape index (κ1) is 14.1. The molecule has 1 aromatic carbocycles. The predicted molar refractivity (Wildman–Crippen MR) is 85.2 cm³/mol. The second kappa shape index (κ2) is 6.28. The van der Waals surface area contributed by atoms with Gasteiger partial charge in [-0.15, -0.1) is 10.2 Å². The van der Waals surface area contributed by atoms with E-state index in [4.69, 9.17) is 11.6 Å². The number of thioether (sulfide) groups is 1. The third kappa shape index (κ3) is 3.09. The standard InChI is InChI=1S/C15H13ClN4S/c1-21-15-19-18-14(9-11-7-8-13(16)17-10-11)20(15)12-5-3-2-4-6-12/h2-8,10H,9H2,1H3. The van der Waals surface area contributed by atoms with Gasteiger partial charge in [0, 0.05) is 18.3 Å². The summed E-state index contributed by atoms with van der Waals surface area (Å²) >= 11 is 7.40. The maximum absolute atomic E-state index is 5.82. The van der Waals surface area contributed by atoms with E-state index in [1.807, 2.05) is 42.7 Å². The summed E-state index contributed by atoms with van der Waals surface area (Å²) in [6, 6.07) is 13.8. The molecule has 6 heteroatoms. The Hall–Kier alpha value is -1.85. The van der Waals surface area contributed by atoms with Gasteiger partial charge in [0.2, 0.25) is 0 Å². The van der Waals surface area contributed by atoms with Crippen LogP contribution < -0.4 is 0 Å². The highest BCUT2D eigenvalue weighted by Gasteiger charge is 2.13. The van der Waals surface area contributed by atoms with Gasteiger partial charge in [-0.1, -0.05) is 47.6 Å². The van der Waals surface area contributed by atoms with Crippen molar-refractivity contribution in [2.75, 3.05) is 6.26 Å². The summed E-state index contributed by atoms with van der Waals surface area (Å²) < 4.78 is 2.07. The van der Waals surface area contributed by atoms with Crippen LogP contribution in [0.25, 0.3) is 5.69 Å². The van der Waals surface area contributed by atoms with Crippen LogP contribution in [0.2, 0.25) is 5.15 Å². The minimum atomic E-state index is 0.494. The van der Waals surface area contributed by atoms with Crippen molar-refractivity contribution < 1.29 is 0 Å². The molecule has 0 atom stereocenters.